The molecule has 2 fully saturated rings. The Kier molecular flexibility index (Phi) is 9.85. The number of nitrogens with one attached hydrogen (secondary N) is 2. The number of guanidine groups is 1. The second kappa shape index (κ2) is 12.8. The van der Waals surface area contributed by atoms with Crippen LogP contribution in [0.25, 0.3) is 0 Å². The SMILES string of the molecule is CCNC(=NCc1cccc(CN2CCCC2=O)c1)NCC(C(C)C)N1CCCCCC1. The van der Waals surface area contributed by atoms with Crippen LogP contribution in [0.2, 0.25) is 0 Å². The molecule has 2 N–H and O–H groups in total. The molecule has 0 aromatic heterocycles. The van der Waals surface area contributed by atoms with Gasteiger partial charge in [0.2, 0.25) is 5.91 Å². The van der Waals surface area contributed by atoms with Gasteiger partial charge in [-0.1, -0.05) is 51.0 Å². The Morgan fingerprint density at radius 1 is 1.03 bits per heavy atom. The molecule has 178 valence electrons. The number of rotatable bonds is 9. The highest BCUT2D eigenvalue weighted by molar-refractivity contribution is 5.79. The summed E-state index contributed by atoms with van der Waals surface area (Å²) in [6.07, 6.45) is 7.03. The lowest BCUT2D eigenvalue weighted by Crippen LogP contribution is -2.49. The van der Waals surface area contributed by atoms with Crippen molar-refractivity contribution in [3.8, 4) is 0 Å². The molecular formula is C26H43N5O. The lowest BCUT2D eigenvalue weighted by atomic mass is 10.0. The molecule has 0 radical (unpaired) electrons. The summed E-state index contributed by atoms with van der Waals surface area (Å²) in [7, 11) is 0. The van der Waals surface area contributed by atoms with Crippen LogP contribution in [-0.4, -0.2) is 60.4 Å². The van der Waals surface area contributed by atoms with Gasteiger partial charge in [-0.15, -0.1) is 0 Å². The lowest BCUT2D eigenvalue weighted by molar-refractivity contribution is -0.128. The van der Waals surface area contributed by atoms with Gasteiger partial charge in [0.15, 0.2) is 5.96 Å². The number of hydrogen-bond acceptors (Lipinski definition) is 3. The molecule has 2 aliphatic rings. The van der Waals surface area contributed by atoms with Crippen LogP contribution in [-0.2, 0) is 17.9 Å². The number of hydrogen-bond donors (Lipinski definition) is 2. The highest BCUT2D eigenvalue weighted by Gasteiger charge is 2.23. The first-order valence-electron chi connectivity index (χ1n) is 12.7. The highest BCUT2D eigenvalue weighted by atomic mass is 16.2. The van der Waals surface area contributed by atoms with Gasteiger partial charge in [-0.2, -0.15) is 0 Å². The first-order chi connectivity index (χ1) is 15.6. The number of nitrogens with zero attached hydrogens (tertiary/aromatic N) is 3. The Hall–Kier alpha value is -2.08. The molecule has 1 aromatic carbocycles. The van der Waals surface area contributed by atoms with Gasteiger partial charge in [0.1, 0.15) is 0 Å². The van der Waals surface area contributed by atoms with Crippen LogP contribution in [0.15, 0.2) is 29.3 Å². The van der Waals surface area contributed by atoms with Crippen LogP contribution < -0.4 is 10.6 Å². The molecule has 2 heterocycles. The van der Waals surface area contributed by atoms with Gasteiger partial charge < -0.3 is 15.5 Å². The molecule has 0 spiro atoms. The molecule has 2 saturated heterocycles. The topological polar surface area (TPSA) is 60.0 Å². The number of benzene rings is 1. The monoisotopic (exact) mass is 441 g/mol. The molecule has 0 saturated carbocycles. The van der Waals surface area contributed by atoms with Gasteiger partial charge in [-0.3, -0.25) is 9.69 Å². The molecule has 1 aromatic rings. The fourth-order valence-corrected chi connectivity index (χ4v) is 4.84. The molecule has 32 heavy (non-hydrogen) atoms. The Balaban J connectivity index is 1.59. The summed E-state index contributed by atoms with van der Waals surface area (Å²) in [4.78, 5) is 21.4. The molecule has 0 aliphatic carbocycles. The summed E-state index contributed by atoms with van der Waals surface area (Å²) in [5.74, 6) is 1.76. The lowest BCUT2D eigenvalue weighted by Gasteiger charge is -2.34. The van der Waals surface area contributed by atoms with Crippen LogP contribution in [0.5, 0.6) is 0 Å². The maximum atomic E-state index is 11.9. The normalized spacial score (nSPS) is 19.3. The maximum Gasteiger partial charge on any atom is 0.222 e. The Morgan fingerprint density at radius 3 is 2.44 bits per heavy atom. The van der Waals surface area contributed by atoms with E-state index in [0.717, 1.165) is 32.0 Å². The average molecular weight is 442 g/mol. The third-order valence-corrected chi connectivity index (χ3v) is 6.66. The Labute approximate surface area is 194 Å². The number of carbonyl (C=O) groups excluding carboxylic acids is 1. The number of amides is 1. The largest absolute Gasteiger partial charge is 0.357 e. The van der Waals surface area contributed by atoms with Crippen molar-refractivity contribution >= 4 is 11.9 Å². The Bertz CT molecular complexity index is 739. The Morgan fingerprint density at radius 2 is 1.78 bits per heavy atom. The first kappa shape index (κ1) is 24.6. The van der Waals surface area contributed by atoms with E-state index in [4.69, 9.17) is 4.99 Å². The minimum atomic E-state index is 0.274. The van der Waals surface area contributed by atoms with E-state index in [1.54, 1.807) is 0 Å². The van der Waals surface area contributed by atoms with Crippen LogP contribution in [0.4, 0.5) is 0 Å². The highest BCUT2D eigenvalue weighted by Crippen LogP contribution is 2.18. The molecule has 1 unspecified atom stereocenters. The van der Waals surface area contributed by atoms with E-state index in [1.807, 2.05) is 4.90 Å². The molecule has 6 heteroatoms. The van der Waals surface area contributed by atoms with Gasteiger partial charge in [-0.05, 0) is 56.3 Å². The van der Waals surface area contributed by atoms with Crippen LogP contribution in [0.1, 0.15) is 70.4 Å². The van der Waals surface area contributed by atoms with Crippen molar-refractivity contribution in [2.45, 2.75) is 78.4 Å². The van der Waals surface area contributed by atoms with E-state index < -0.39 is 0 Å². The van der Waals surface area contributed by atoms with E-state index in [1.165, 1.54) is 49.9 Å². The molecule has 6 nitrogen and oxygen atoms in total. The minimum Gasteiger partial charge on any atom is -0.357 e. The van der Waals surface area contributed by atoms with Gasteiger partial charge in [0, 0.05) is 38.6 Å². The van der Waals surface area contributed by atoms with Gasteiger partial charge >= 0.3 is 0 Å². The predicted molar refractivity (Wildman–Crippen MR) is 133 cm³/mol. The summed E-state index contributed by atoms with van der Waals surface area (Å²) in [6.45, 7) is 13.2. The third-order valence-electron chi connectivity index (χ3n) is 6.66. The number of aliphatic imine (C=N–C) groups is 1. The second-order valence-electron chi connectivity index (χ2n) is 9.58. The minimum absolute atomic E-state index is 0.274. The number of likely N-dealkylation sites (tertiary alicyclic amines) is 2. The summed E-state index contributed by atoms with van der Waals surface area (Å²) in [5.41, 5.74) is 2.37. The zero-order valence-corrected chi connectivity index (χ0v) is 20.4. The predicted octanol–water partition coefficient (Wildman–Crippen LogP) is 3.76. The molecule has 0 bridgehead atoms. The van der Waals surface area contributed by atoms with E-state index in [-0.39, 0.29) is 5.91 Å². The van der Waals surface area contributed by atoms with E-state index in [9.17, 15) is 4.79 Å². The van der Waals surface area contributed by atoms with Crippen molar-refractivity contribution in [2.75, 3.05) is 32.7 Å². The van der Waals surface area contributed by atoms with Gasteiger partial charge in [0.25, 0.3) is 0 Å². The van der Waals surface area contributed by atoms with Crippen molar-refractivity contribution in [3.63, 3.8) is 0 Å². The smallest absolute Gasteiger partial charge is 0.222 e. The van der Waals surface area contributed by atoms with Gasteiger partial charge in [0.05, 0.1) is 6.54 Å². The van der Waals surface area contributed by atoms with E-state index in [2.05, 4.69) is 60.6 Å². The van der Waals surface area contributed by atoms with Gasteiger partial charge in [-0.25, -0.2) is 4.99 Å². The zero-order valence-electron chi connectivity index (χ0n) is 20.4. The van der Waals surface area contributed by atoms with E-state index >= 15 is 0 Å². The molecule has 2 aliphatic heterocycles. The van der Waals surface area contributed by atoms with Crippen molar-refractivity contribution < 1.29 is 4.79 Å². The van der Waals surface area contributed by atoms with Crippen molar-refractivity contribution in [1.82, 2.24) is 20.4 Å². The summed E-state index contributed by atoms with van der Waals surface area (Å²) >= 11 is 0. The summed E-state index contributed by atoms with van der Waals surface area (Å²) in [5, 5.41) is 7.02. The summed E-state index contributed by atoms with van der Waals surface area (Å²) in [6, 6.07) is 9.02. The zero-order chi connectivity index (χ0) is 22.8. The second-order valence-corrected chi connectivity index (χ2v) is 9.58. The fraction of sp³-hybridized carbons (Fsp3) is 0.692. The average Bonchev–Trinajstić information content (AvgIpc) is 3.01. The van der Waals surface area contributed by atoms with Crippen LogP contribution in [0, 0.1) is 5.92 Å². The van der Waals surface area contributed by atoms with E-state index in [0.29, 0.717) is 31.5 Å². The molecule has 1 amide bonds. The molecule has 1 atom stereocenters. The molecular weight excluding hydrogens is 398 g/mol. The standard InChI is InChI=1S/C26H43N5O/c1-4-27-26(29-19-24(21(2)3)30-14-7-5-6-8-15-30)28-18-22-11-9-12-23(17-22)20-31-16-10-13-25(31)32/h9,11-12,17,21,24H,4-8,10,13-16,18-20H2,1-3H3,(H2,27,28,29). The number of carbonyl (C=O) groups is 1. The van der Waals surface area contributed by atoms with Crippen LogP contribution in [0.3, 0.4) is 0 Å². The van der Waals surface area contributed by atoms with Crippen LogP contribution >= 0.6 is 0 Å². The quantitative estimate of drug-likeness (QED) is 0.452. The first-order valence-corrected chi connectivity index (χ1v) is 12.7. The molecule has 3 rings (SSSR count). The van der Waals surface area contributed by atoms with Crippen molar-refractivity contribution in [1.29, 1.82) is 0 Å². The fourth-order valence-electron chi connectivity index (χ4n) is 4.84. The van der Waals surface area contributed by atoms with Crippen molar-refractivity contribution in [2.24, 2.45) is 10.9 Å². The summed E-state index contributed by atoms with van der Waals surface area (Å²) < 4.78 is 0. The van der Waals surface area contributed by atoms with Crippen molar-refractivity contribution in [3.05, 3.63) is 35.4 Å². The third kappa shape index (κ3) is 7.51. The maximum absolute atomic E-state index is 11.9.